The lowest BCUT2D eigenvalue weighted by atomic mass is 9.98. The molecule has 0 radical (unpaired) electrons. The minimum Gasteiger partial charge on any atom is -0.340 e. The van der Waals surface area contributed by atoms with Gasteiger partial charge in [0.1, 0.15) is 0 Å². The van der Waals surface area contributed by atoms with Crippen molar-refractivity contribution in [1.82, 2.24) is 9.13 Å². The van der Waals surface area contributed by atoms with E-state index in [1.807, 2.05) is 12.1 Å². The molecule has 0 unspecified atom stereocenters. The minimum absolute atomic E-state index is 0.0783. The average Bonchev–Trinajstić information content (AvgIpc) is 2.90. The molecule has 0 N–H and O–H groups in total. The highest BCUT2D eigenvalue weighted by Gasteiger charge is 2.19. The van der Waals surface area contributed by atoms with E-state index in [1.54, 1.807) is 0 Å². The lowest BCUT2D eigenvalue weighted by molar-refractivity contribution is 0.529. The van der Waals surface area contributed by atoms with Crippen molar-refractivity contribution >= 4 is 43.6 Å². The van der Waals surface area contributed by atoms with Gasteiger partial charge in [-0.15, -0.1) is 0 Å². The Hall–Kier alpha value is -3.40. The van der Waals surface area contributed by atoms with Gasteiger partial charge in [-0.3, -0.25) is 9.59 Å². The van der Waals surface area contributed by atoms with Crippen LogP contribution in [-0.4, -0.2) is 9.13 Å². The molecule has 2 aliphatic rings. The molecule has 0 amide bonds. The van der Waals surface area contributed by atoms with Crippen molar-refractivity contribution < 1.29 is 0 Å². The number of rotatable bonds is 0. The van der Waals surface area contributed by atoms with E-state index in [9.17, 15) is 9.59 Å². The van der Waals surface area contributed by atoms with Gasteiger partial charge in [0.2, 0.25) is 0 Å². The number of benzene rings is 3. The quantitative estimate of drug-likeness (QED) is 0.186. The summed E-state index contributed by atoms with van der Waals surface area (Å²) in [6.07, 6.45) is 12.3. The number of pyridine rings is 2. The maximum atomic E-state index is 14.2. The van der Waals surface area contributed by atoms with Crippen LogP contribution in [0.15, 0.2) is 46.0 Å². The molecule has 4 heterocycles. The smallest absolute Gasteiger partial charge is 0.197 e. The Morgan fingerprint density at radius 2 is 0.800 bits per heavy atom. The summed E-state index contributed by atoms with van der Waals surface area (Å²) in [6.45, 7) is 10.0. The summed E-state index contributed by atoms with van der Waals surface area (Å²) in [5.41, 5.74) is 8.31. The molecule has 0 aliphatic carbocycles. The summed E-state index contributed by atoms with van der Waals surface area (Å²) >= 11 is 0. The molecule has 0 atom stereocenters. The van der Waals surface area contributed by atoms with E-state index in [0.29, 0.717) is 0 Å². The van der Waals surface area contributed by atoms with Gasteiger partial charge in [-0.25, -0.2) is 0 Å². The first-order valence-electron chi connectivity index (χ1n) is 15.4. The number of aryl methyl sites for hydroxylation is 6. The van der Waals surface area contributed by atoms with Crippen LogP contribution in [0.25, 0.3) is 43.6 Å². The molecule has 4 heteroatoms. The molecule has 4 nitrogen and oxygen atoms in total. The summed E-state index contributed by atoms with van der Waals surface area (Å²) in [5, 5.41) is 3.08. The lowest BCUT2D eigenvalue weighted by Gasteiger charge is -2.21. The summed E-state index contributed by atoms with van der Waals surface area (Å²) < 4.78 is 4.68. The second-order valence-corrected chi connectivity index (χ2v) is 12.3. The zero-order valence-electron chi connectivity index (χ0n) is 24.7. The van der Waals surface area contributed by atoms with Gasteiger partial charge < -0.3 is 9.13 Å². The maximum Gasteiger partial charge on any atom is 0.197 e. The van der Waals surface area contributed by atoms with Crippen LogP contribution >= 0.6 is 0 Å². The monoisotopic (exact) mass is 534 g/mol. The van der Waals surface area contributed by atoms with Crippen LogP contribution in [-0.2, 0) is 13.1 Å². The summed E-state index contributed by atoms with van der Waals surface area (Å²) in [4.78, 5) is 28.3. The van der Waals surface area contributed by atoms with Gasteiger partial charge in [0.05, 0.1) is 22.1 Å². The van der Waals surface area contributed by atoms with Crippen molar-refractivity contribution in [3.8, 4) is 0 Å². The first kappa shape index (κ1) is 26.8. The third kappa shape index (κ3) is 4.66. The van der Waals surface area contributed by atoms with Crippen LogP contribution in [0.3, 0.4) is 0 Å². The Labute approximate surface area is 236 Å². The van der Waals surface area contributed by atoms with Gasteiger partial charge in [0.25, 0.3) is 0 Å². The normalized spacial score (nSPS) is 16.0. The molecule has 0 spiro atoms. The third-order valence-corrected chi connectivity index (χ3v) is 9.15. The Bertz CT molecular complexity index is 1750. The first-order chi connectivity index (χ1) is 19.3. The molecular weight excluding hydrogens is 492 g/mol. The van der Waals surface area contributed by atoms with Crippen molar-refractivity contribution in [3.63, 3.8) is 0 Å². The molecule has 2 aromatic heterocycles. The van der Waals surface area contributed by atoms with E-state index in [4.69, 9.17) is 0 Å². The minimum atomic E-state index is 0.0783. The highest BCUT2D eigenvalue weighted by molar-refractivity contribution is 6.04. The van der Waals surface area contributed by atoms with Gasteiger partial charge in [-0.2, -0.15) is 0 Å². The van der Waals surface area contributed by atoms with Crippen LogP contribution in [0.2, 0.25) is 0 Å². The fourth-order valence-corrected chi connectivity index (χ4v) is 7.26. The van der Waals surface area contributed by atoms with E-state index in [0.717, 1.165) is 91.8 Å². The number of nitrogens with zero attached hydrogens (tertiary/aromatic N) is 2. The fourth-order valence-electron chi connectivity index (χ4n) is 7.26. The average molecular weight is 535 g/mol. The van der Waals surface area contributed by atoms with Crippen molar-refractivity contribution in [3.05, 3.63) is 79.1 Å². The maximum absolute atomic E-state index is 14.2. The molecule has 0 fully saturated rings. The van der Waals surface area contributed by atoms with Crippen molar-refractivity contribution in [1.29, 1.82) is 0 Å². The Kier molecular flexibility index (Phi) is 7.29. The van der Waals surface area contributed by atoms with Crippen molar-refractivity contribution in [2.75, 3.05) is 0 Å². The second-order valence-electron chi connectivity index (χ2n) is 12.3. The molecule has 0 saturated carbocycles. The van der Waals surface area contributed by atoms with Gasteiger partial charge in [0.15, 0.2) is 10.9 Å². The molecule has 40 heavy (non-hydrogen) atoms. The molecule has 6 bridgehead atoms. The van der Waals surface area contributed by atoms with Gasteiger partial charge >= 0.3 is 0 Å². The van der Waals surface area contributed by atoms with Crippen LogP contribution < -0.4 is 10.9 Å². The summed E-state index contributed by atoms with van der Waals surface area (Å²) in [6, 6.07) is 12.6. The van der Waals surface area contributed by atoms with Crippen LogP contribution in [0.1, 0.15) is 86.5 Å². The Balaban J connectivity index is 1.74. The zero-order valence-corrected chi connectivity index (χ0v) is 24.7. The molecule has 7 rings (SSSR count). The van der Waals surface area contributed by atoms with Crippen molar-refractivity contribution in [2.45, 2.75) is 105 Å². The Morgan fingerprint density at radius 1 is 0.450 bits per heavy atom. The lowest BCUT2D eigenvalue weighted by Crippen LogP contribution is -2.17. The fraction of sp³-hybridized carbons (Fsp3) is 0.444. The molecule has 0 saturated heterocycles. The van der Waals surface area contributed by atoms with Gasteiger partial charge in [0, 0.05) is 34.6 Å². The molecule has 208 valence electrons. The molecule has 5 aromatic rings. The Morgan fingerprint density at radius 3 is 1.18 bits per heavy atom. The summed E-state index contributed by atoms with van der Waals surface area (Å²) in [7, 11) is 0. The van der Waals surface area contributed by atoms with E-state index in [2.05, 4.69) is 61.1 Å². The standard InChI is InChI=1S/C36H42N2O2/c1-23-17-25(3)33-31(19-23)37-15-13-11-9-7-5-6-8-10-12-14-16-38-30-22-27(35(33)39)29(37)21-28(30)36(40)34-26(4)18-24(2)20-32(34)38/h17-22H,5-16H2,1-4H3. The van der Waals surface area contributed by atoms with E-state index < -0.39 is 0 Å². The number of hydrogen-bond acceptors (Lipinski definition) is 2. The van der Waals surface area contributed by atoms with E-state index in [-0.39, 0.29) is 10.9 Å². The molecular formula is C36H42N2O2. The SMILES string of the molecule is Cc1cc(C)c2c(=O)c3cc4c5cc3n(c2c1)CCCCCCCCCCCCn4c1cc(C)cc(C)c1c5=O. The number of hydrogen-bond donors (Lipinski definition) is 0. The summed E-state index contributed by atoms with van der Waals surface area (Å²) in [5.74, 6) is 0. The number of aromatic nitrogens is 2. The predicted octanol–water partition coefficient (Wildman–Crippen LogP) is 8.77. The van der Waals surface area contributed by atoms with Crippen LogP contribution in [0.4, 0.5) is 0 Å². The number of fused-ring (bicyclic) bond motifs is 13. The van der Waals surface area contributed by atoms with Gasteiger partial charge in [-0.1, -0.05) is 63.5 Å². The second kappa shape index (κ2) is 10.9. The predicted molar refractivity (Wildman–Crippen MR) is 170 cm³/mol. The van der Waals surface area contributed by atoms with Crippen molar-refractivity contribution in [2.24, 2.45) is 0 Å². The topological polar surface area (TPSA) is 44.0 Å². The largest absolute Gasteiger partial charge is 0.340 e. The van der Waals surface area contributed by atoms with E-state index >= 15 is 0 Å². The van der Waals surface area contributed by atoms with Gasteiger partial charge in [-0.05, 0) is 87.1 Å². The van der Waals surface area contributed by atoms with Crippen LogP contribution in [0, 0.1) is 27.7 Å². The van der Waals surface area contributed by atoms with Crippen LogP contribution in [0.5, 0.6) is 0 Å². The highest BCUT2D eigenvalue weighted by Crippen LogP contribution is 2.30. The zero-order chi connectivity index (χ0) is 28.0. The highest BCUT2D eigenvalue weighted by atomic mass is 16.1. The first-order valence-corrected chi connectivity index (χ1v) is 15.4. The molecule has 3 aromatic carbocycles. The third-order valence-electron chi connectivity index (χ3n) is 9.15. The van der Waals surface area contributed by atoms with E-state index in [1.165, 1.54) is 51.4 Å². The molecule has 2 aliphatic heterocycles.